The number of hydrogen-bond acceptors (Lipinski definition) is 3. The number of carbonyl (C=O) groups is 1. The molecule has 5 aliphatic carbocycles. The number of fused-ring (bicyclic) bond motifs is 7. The number of carbonyl (C=O) groups excluding carboxylic acids is 1. The highest BCUT2D eigenvalue weighted by molar-refractivity contribution is 5.89. The number of esters is 1. The minimum absolute atomic E-state index is 0.0112. The van der Waals surface area contributed by atoms with Crippen molar-refractivity contribution in [1.82, 2.24) is 0 Å². The second kappa shape index (κ2) is 9.43. The lowest BCUT2D eigenvalue weighted by Gasteiger charge is -2.70. The van der Waals surface area contributed by atoms with Gasteiger partial charge in [-0.3, -0.25) is 0 Å². The highest BCUT2D eigenvalue weighted by Gasteiger charge is 2.70. The average Bonchev–Trinajstić information content (AvgIpc) is 3.26. The summed E-state index contributed by atoms with van der Waals surface area (Å²) in [5.41, 5.74) is 12.5. The second-order valence-corrected chi connectivity index (χ2v) is 15.8. The number of benzene rings is 1. The number of allylic oxidation sites excluding steroid dienone is 3. The van der Waals surface area contributed by atoms with Crippen molar-refractivity contribution in [2.24, 2.45) is 57.0 Å². The van der Waals surface area contributed by atoms with E-state index < -0.39 is 0 Å². The number of nitrogens with two attached hydrogens (primary N) is 1. The maximum Gasteiger partial charge on any atom is 0.337 e. The van der Waals surface area contributed by atoms with E-state index in [4.69, 9.17) is 10.5 Å². The van der Waals surface area contributed by atoms with Gasteiger partial charge in [-0.15, -0.1) is 6.58 Å². The van der Waals surface area contributed by atoms with E-state index in [0.717, 1.165) is 19.3 Å². The molecule has 3 heteroatoms. The predicted octanol–water partition coefficient (Wildman–Crippen LogP) is 9.00. The van der Waals surface area contributed by atoms with Gasteiger partial charge >= 0.3 is 5.97 Å². The third-order valence-corrected chi connectivity index (χ3v) is 14.2. The summed E-state index contributed by atoms with van der Waals surface area (Å²) in [6, 6.07) is 8.08. The predicted molar refractivity (Wildman–Crippen MR) is 169 cm³/mol. The zero-order chi connectivity index (χ0) is 29.6. The maximum atomic E-state index is 12.0. The van der Waals surface area contributed by atoms with Crippen LogP contribution in [0, 0.1) is 51.2 Å². The van der Waals surface area contributed by atoms with Crippen LogP contribution in [-0.4, -0.2) is 18.6 Å². The first-order chi connectivity index (χ1) is 19.3. The van der Waals surface area contributed by atoms with Crippen molar-refractivity contribution in [2.75, 3.05) is 7.11 Å². The van der Waals surface area contributed by atoms with Crippen molar-refractivity contribution in [1.29, 1.82) is 0 Å². The number of methoxy groups -OCH3 is 1. The average molecular weight is 556 g/mol. The molecule has 0 spiro atoms. The molecule has 0 radical (unpaired) electrons. The zero-order valence-corrected chi connectivity index (χ0v) is 26.5. The van der Waals surface area contributed by atoms with Gasteiger partial charge in [0.25, 0.3) is 0 Å². The lowest BCUT2D eigenvalue weighted by atomic mass is 9.35. The Labute approximate surface area is 249 Å². The summed E-state index contributed by atoms with van der Waals surface area (Å²) in [6.07, 6.45) is 15.9. The Hall–Kier alpha value is -2.13. The summed E-state index contributed by atoms with van der Waals surface area (Å²) < 4.78 is 4.93. The monoisotopic (exact) mass is 555 g/mol. The van der Waals surface area contributed by atoms with Gasteiger partial charge in [0.2, 0.25) is 0 Å². The van der Waals surface area contributed by atoms with Crippen LogP contribution < -0.4 is 5.73 Å². The number of ether oxygens (including phenoxy) is 1. The molecule has 6 rings (SSSR count). The lowest BCUT2D eigenvalue weighted by molar-refractivity contribution is -0.185. The van der Waals surface area contributed by atoms with Gasteiger partial charge in [0.05, 0.1) is 12.7 Å². The van der Waals surface area contributed by atoms with Crippen LogP contribution in [0.2, 0.25) is 0 Å². The van der Waals surface area contributed by atoms with Gasteiger partial charge in [-0.25, -0.2) is 4.79 Å². The molecule has 5 aliphatic rings. The lowest BCUT2D eigenvalue weighted by Crippen LogP contribution is -2.67. The van der Waals surface area contributed by atoms with Crippen molar-refractivity contribution in [3.63, 3.8) is 0 Å². The topological polar surface area (TPSA) is 52.3 Å². The van der Waals surface area contributed by atoms with Crippen LogP contribution in [0.25, 0.3) is 5.57 Å². The fraction of sp³-hybridized carbons (Fsp3) is 0.658. The Morgan fingerprint density at radius 1 is 0.927 bits per heavy atom. The third-order valence-electron chi connectivity index (χ3n) is 14.2. The van der Waals surface area contributed by atoms with Crippen molar-refractivity contribution in [3.8, 4) is 0 Å². The standard InChI is InChI=1S/C38H53NO2/c1-9-38-27(24(2)3)17-22-37(38,39)23-18-29-30(38)14-15-32-35(29,6)21-19-31-34(4,5)28(16-20-36(31,32)7)25-10-12-26(13-11-25)33(40)41-8/h9-13,16,27,29-32H,1-2,14-15,17-23,39H2,3-8H3/t27?,29?,30-,31?,32?,35-,36-,37?,38+/m0/s1. The van der Waals surface area contributed by atoms with Crippen LogP contribution >= 0.6 is 0 Å². The van der Waals surface area contributed by atoms with Crippen LogP contribution in [0.3, 0.4) is 0 Å². The van der Waals surface area contributed by atoms with Gasteiger partial charge in [0.15, 0.2) is 0 Å². The van der Waals surface area contributed by atoms with E-state index in [2.05, 4.69) is 72.1 Å². The molecule has 222 valence electrons. The Bertz CT molecular complexity index is 1290. The number of hydrogen-bond donors (Lipinski definition) is 1. The quantitative estimate of drug-likeness (QED) is 0.298. The minimum Gasteiger partial charge on any atom is -0.465 e. The van der Waals surface area contributed by atoms with Gasteiger partial charge in [0, 0.05) is 11.0 Å². The summed E-state index contributed by atoms with van der Waals surface area (Å²) in [7, 11) is 1.44. The Balaban J connectivity index is 1.35. The van der Waals surface area contributed by atoms with Crippen molar-refractivity contribution >= 4 is 11.5 Å². The molecule has 0 amide bonds. The van der Waals surface area contributed by atoms with Gasteiger partial charge in [-0.2, -0.15) is 0 Å². The molecule has 0 saturated heterocycles. The zero-order valence-electron chi connectivity index (χ0n) is 26.5. The number of rotatable bonds is 4. The van der Waals surface area contributed by atoms with Crippen LogP contribution in [0.4, 0.5) is 0 Å². The fourth-order valence-corrected chi connectivity index (χ4v) is 12.5. The van der Waals surface area contributed by atoms with Gasteiger partial charge in [-0.05, 0) is 134 Å². The summed E-state index contributed by atoms with van der Waals surface area (Å²) >= 11 is 0. The summed E-state index contributed by atoms with van der Waals surface area (Å²) in [5, 5.41) is 0. The van der Waals surface area contributed by atoms with Crippen LogP contribution in [0.1, 0.15) is 108 Å². The second-order valence-electron chi connectivity index (χ2n) is 15.8. The molecule has 2 N–H and O–H groups in total. The molecule has 4 fully saturated rings. The van der Waals surface area contributed by atoms with E-state index in [1.807, 2.05) is 12.1 Å². The molecule has 0 heterocycles. The molecule has 0 aliphatic heterocycles. The fourth-order valence-electron chi connectivity index (χ4n) is 12.5. The first kappa shape index (κ1) is 29.0. The van der Waals surface area contributed by atoms with Gasteiger partial charge < -0.3 is 10.5 Å². The molecule has 1 aromatic carbocycles. The largest absolute Gasteiger partial charge is 0.465 e. The van der Waals surface area contributed by atoms with Gasteiger partial charge in [-0.1, -0.05) is 64.1 Å². The third kappa shape index (κ3) is 3.69. The maximum absolute atomic E-state index is 12.0. The summed E-state index contributed by atoms with van der Waals surface area (Å²) in [6.45, 7) is 21.5. The minimum atomic E-state index is -0.275. The molecule has 9 atom stereocenters. The van der Waals surface area contributed by atoms with E-state index in [1.165, 1.54) is 62.3 Å². The normalized spacial score (nSPS) is 44.4. The highest BCUT2D eigenvalue weighted by atomic mass is 16.5. The molecule has 5 unspecified atom stereocenters. The van der Waals surface area contributed by atoms with E-state index in [0.29, 0.717) is 40.6 Å². The van der Waals surface area contributed by atoms with E-state index in [-0.39, 0.29) is 27.8 Å². The molecular weight excluding hydrogens is 502 g/mol. The molecular formula is C38H53NO2. The first-order valence-corrected chi connectivity index (χ1v) is 16.3. The first-order valence-electron chi connectivity index (χ1n) is 16.3. The molecule has 0 aromatic heterocycles. The Morgan fingerprint density at radius 2 is 1.61 bits per heavy atom. The summed E-state index contributed by atoms with van der Waals surface area (Å²) in [4.78, 5) is 12.0. The van der Waals surface area contributed by atoms with Gasteiger partial charge in [0.1, 0.15) is 0 Å². The molecule has 41 heavy (non-hydrogen) atoms. The van der Waals surface area contributed by atoms with E-state index in [1.54, 1.807) is 0 Å². The van der Waals surface area contributed by atoms with Crippen molar-refractivity contribution in [3.05, 3.63) is 66.3 Å². The Kier molecular flexibility index (Phi) is 6.66. The SMILES string of the molecule is C=C[C@]12C(C(=C)C)CCC1(N)CCC1[C@@H]2CCC2[C@@]1(C)CCC1C(C)(C)C(c3ccc(C(=O)OC)cc3)=CC[C@@]12C. The van der Waals surface area contributed by atoms with Crippen LogP contribution in [0.5, 0.6) is 0 Å². The van der Waals surface area contributed by atoms with Crippen LogP contribution in [0.15, 0.2) is 55.1 Å². The highest BCUT2D eigenvalue weighted by Crippen LogP contribution is 2.75. The molecule has 3 nitrogen and oxygen atoms in total. The summed E-state index contributed by atoms with van der Waals surface area (Å²) in [5.74, 6) is 2.85. The van der Waals surface area contributed by atoms with Crippen molar-refractivity contribution in [2.45, 2.75) is 97.9 Å². The van der Waals surface area contributed by atoms with E-state index in [9.17, 15) is 4.79 Å². The van der Waals surface area contributed by atoms with Crippen LogP contribution in [-0.2, 0) is 4.74 Å². The molecule has 0 bridgehead atoms. The smallest absolute Gasteiger partial charge is 0.337 e. The Morgan fingerprint density at radius 3 is 2.24 bits per heavy atom. The van der Waals surface area contributed by atoms with E-state index >= 15 is 0 Å². The molecule has 4 saturated carbocycles. The molecule has 1 aromatic rings. The van der Waals surface area contributed by atoms with Crippen molar-refractivity contribution < 1.29 is 9.53 Å².